The molecular formula is C26H23ClN2O3. The first-order chi connectivity index (χ1) is 15.3. The minimum absolute atomic E-state index is 0.225. The Kier molecular flexibility index (Phi) is 5.76. The van der Waals surface area contributed by atoms with Crippen molar-refractivity contribution in [2.45, 2.75) is 20.8 Å². The summed E-state index contributed by atoms with van der Waals surface area (Å²) in [7, 11) is 1.59. The Bertz CT molecular complexity index is 1260. The van der Waals surface area contributed by atoms with E-state index < -0.39 is 5.91 Å². The van der Waals surface area contributed by atoms with Crippen LogP contribution in [-0.2, 0) is 9.59 Å². The SMILES string of the molecule is COc1ccc(NC2=C(c3ccc(C)c(C)c3)C(=O)N(c3cc(Cl)ccc3C)C2=O)cc1. The summed E-state index contributed by atoms with van der Waals surface area (Å²) >= 11 is 6.19. The van der Waals surface area contributed by atoms with Gasteiger partial charge in [0.05, 0.1) is 18.4 Å². The summed E-state index contributed by atoms with van der Waals surface area (Å²) in [6.07, 6.45) is 0. The lowest BCUT2D eigenvalue weighted by Gasteiger charge is -2.18. The Morgan fingerprint density at radius 3 is 2.16 bits per heavy atom. The van der Waals surface area contributed by atoms with Gasteiger partial charge in [-0.3, -0.25) is 9.59 Å². The molecule has 3 aromatic rings. The zero-order chi connectivity index (χ0) is 23.0. The summed E-state index contributed by atoms with van der Waals surface area (Å²) in [4.78, 5) is 28.4. The molecule has 1 N–H and O–H groups in total. The Morgan fingerprint density at radius 1 is 0.812 bits per heavy atom. The third-order valence-electron chi connectivity index (χ3n) is 5.65. The van der Waals surface area contributed by atoms with Crippen molar-refractivity contribution in [2.24, 2.45) is 0 Å². The van der Waals surface area contributed by atoms with Crippen molar-refractivity contribution in [3.05, 3.63) is 93.6 Å². The second-order valence-electron chi connectivity index (χ2n) is 7.78. The van der Waals surface area contributed by atoms with Crippen molar-refractivity contribution in [2.75, 3.05) is 17.3 Å². The number of hydrogen-bond acceptors (Lipinski definition) is 4. The predicted octanol–water partition coefficient (Wildman–Crippen LogP) is 5.67. The highest BCUT2D eigenvalue weighted by Gasteiger charge is 2.41. The molecule has 0 aromatic heterocycles. The van der Waals surface area contributed by atoms with Gasteiger partial charge in [0, 0.05) is 10.7 Å². The number of amides is 2. The van der Waals surface area contributed by atoms with Crippen LogP contribution in [0.2, 0.25) is 5.02 Å². The molecule has 5 nitrogen and oxygen atoms in total. The summed E-state index contributed by atoms with van der Waals surface area (Å²) in [5.41, 5.74) is 5.31. The molecule has 0 saturated carbocycles. The van der Waals surface area contributed by atoms with Gasteiger partial charge in [-0.15, -0.1) is 0 Å². The van der Waals surface area contributed by atoms with E-state index in [1.807, 2.05) is 39.0 Å². The van der Waals surface area contributed by atoms with Crippen molar-refractivity contribution >= 4 is 40.4 Å². The van der Waals surface area contributed by atoms with Gasteiger partial charge in [0.1, 0.15) is 11.4 Å². The Labute approximate surface area is 192 Å². The fourth-order valence-electron chi connectivity index (χ4n) is 3.67. The number of rotatable bonds is 5. The molecule has 1 aliphatic heterocycles. The Morgan fingerprint density at radius 2 is 1.50 bits per heavy atom. The van der Waals surface area contributed by atoms with Crippen molar-refractivity contribution in [1.29, 1.82) is 0 Å². The summed E-state index contributed by atoms with van der Waals surface area (Å²) < 4.78 is 5.21. The van der Waals surface area contributed by atoms with Crippen LogP contribution in [0.25, 0.3) is 5.57 Å². The molecule has 0 saturated heterocycles. The number of hydrogen-bond donors (Lipinski definition) is 1. The quantitative estimate of drug-likeness (QED) is 0.513. The van der Waals surface area contributed by atoms with Crippen LogP contribution in [-0.4, -0.2) is 18.9 Å². The van der Waals surface area contributed by atoms with Crippen LogP contribution in [0.5, 0.6) is 5.75 Å². The van der Waals surface area contributed by atoms with E-state index in [1.54, 1.807) is 49.6 Å². The van der Waals surface area contributed by atoms with E-state index >= 15 is 0 Å². The first-order valence-electron chi connectivity index (χ1n) is 10.2. The van der Waals surface area contributed by atoms with E-state index in [-0.39, 0.29) is 11.6 Å². The number of carbonyl (C=O) groups excluding carboxylic acids is 2. The van der Waals surface area contributed by atoms with Crippen LogP contribution in [0.15, 0.2) is 66.4 Å². The van der Waals surface area contributed by atoms with Gasteiger partial charge in [0.25, 0.3) is 11.8 Å². The number of benzene rings is 3. The molecule has 32 heavy (non-hydrogen) atoms. The number of anilines is 2. The highest BCUT2D eigenvalue weighted by atomic mass is 35.5. The number of nitrogens with zero attached hydrogens (tertiary/aromatic N) is 1. The molecule has 0 spiro atoms. The number of halogens is 1. The van der Waals surface area contributed by atoms with Gasteiger partial charge in [-0.2, -0.15) is 0 Å². The number of ether oxygens (including phenoxy) is 1. The third-order valence-corrected chi connectivity index (χ3v) is 5.89. The van der Waals surface area contributed by atoms with Crippen molar-refractivity contribution in [3.8, 4) is 5.75 Å². The lowest BCUT2D eigenvalue weighted by atomic mass is 9.99. The van der Waals surface area contributed by atoms with E-state index in [0.717, 1.165) is 16.7 Å². The third kappa shape index (κ3) is 3.87. The average Bonchev–Trinajstić information content (AvgIpc) is 3.02. The monoisotopic (exact) mass is 446 g/mol. The second kappa shape index (κ2) is 8.52. The van der Waals surface area contributed by atoms with Gasteiger partial charge in [-0.1, -0.05) is 35.9 Å². The molecule has 0 bridgehead atoms. The molecule has 162 valence electrons. The van der Waals surface area contributed by atoms with Crippen LogP contribution < -0.4 is 15.0 Å². The van der Waals surface area contributed by atoms with Crippen molar-refractivity contribution in [1.82, 2.24) is 0 Å². The molecule has 0 unspecified atom stereocenters. The zero-order valence-corrected chi connectivity index (χ0v) is 19.1. The predicted molar refractivity (Wildman–Crippen MR) is 128 cm³/mol. The number of imide groups is 1. The summed E-state index contributed by atoms with van der Waals surface area (Å²) in [6, 6.07) is 18.1. The fraction of sp³-hybridized carbons (Fsp3) is 0.154. The van der Waals surface area contributed by atoms with Crippen LogP contribution in [0.1, 0.15) is 22.3 Å². The normalized spacial score (nSPS) is 13.7. The van der Waals surface area contributed by atoms with Crippen LogP contribution in [0.3, 0.4) is 0 Å². The summed E-state index contributed by atoms with van der Waals surface area (Å²) in [5.74, 6) is -0.118. The first-order valence-corrected chi connectivity index (χ1v) is 10.6. The minimum Gasteiger partial charge on any atom is -0.497 e. The zero-order valence-electron chi connectivity index (χ0n) is 18.3. The van der Waals surface area contributed by atoms with Gasteiger partial charge in [-0.25, -0.2) is 4.90 Å². The molecule has 0 aliphatic carbocycles. The maximum atomic E-state index is 13.6. The van der Waals surface area contributed by atoms with Gasteiger partial charge < -0.3 is 10.1 Å². The number of carbonyl (C=O) groups is 2. The Hall–Kier alpha value is -3.57. The average molecular weight is 447 g/mol. The molecule has 3 aromatic carbocycles. The maximum absolute atomic E-state index is 13.6. The molecule has 0 radical (unpaired) electrons. The largest absolute Gasteiger partial charge is 0.497 e. The van der Waals surface area contributed by atoms with Crippen LogP contribution in [0, 0.1) is 20.8 Å². The minimum atomic E-state index is -0.426. The van der Waals surface area contributed by atoms with Gasteiger partial charge in [0.15, 0.2) is 0 Å². The maximum Gasteiger partial charge on any atom is 0.282 e. The molecule has 1 aliphatic rings. The number of nitrogens with one attached hydrogen (secondary N) is 1. The van der Waals surface area contributed by atoms with E-state index in [1.165, 1.54) is 4.90 Å². The van der Waals surface area contributed by atoms with Gasteiger partial charge in [-0.05, 0) is 79.4 Å². The molecule has 0 atom stereocenters. The molecule has 6 heteroatoms. The van der Waals surface area contributed by atoms with E-state index in [4.69, 9.17) is 16.3 Å². The molecular weight excluding hydrogens is 424 g/mol. The summed E-state index contributed by atoms with van der Waals surface area (Å²) in [5, 5.41) is 3.62. The molecule has 2 amide bonds. The first kappa shape index (κ1) is 21.7. The van der Waals surface area contributed by atoms with Crippen LogP contribution in [0.4, 0.5) is 11.4 Å². The number of aryl methyl sites for hydroxylation is 3. The molecule has 4 rings (SSSR count). The van der Waals surface area contributed by atoms with E-state index in [9.17, 15) is 9.59 Å². The molecule has 0 fully saturated rings. The Balaban J connectivity index is 1.85. The van der Waals surface area contributed by atoms with Gasteiger partial charge in [0.2, 0.25) is 0 Å². The van der Waals surface area contributed by atoms with E-state index in [2.05, 4.69) is 5.32 Å². The van der Waals surface area contributed by atoms with Crippen molar-refractivity contribution < 1.29 is 14.3 Å². The lowest BCUT2D eigenvalue weighted by molar-refractivity contribution is -0.120. The standard InChI is InChI=1S/C26H23ClN2O3/c1-15-5-7-18(13-17(15)3)23-24(28-20-9-11-21(32-4)12-10-20)26(31)29(25(23)30)22-14-19(27)8-6-16(22)2/h5-14,28H,1-4H3. The highest BCUT2D eigenvalue weighted by Crippen LogP contribution is 2.36. The van der Waals surface area contributed by atoms with Crippen molar-refractivity contribution in [3.63, 3.8) is 0 Å². The number of methoxy groups -OCH3 is 1. The smallest absolute Gasteiger partial charge is 0.282 e. The highest BCUT2D eigenvalue weighted by molar-refractivity contribution is 6.46. The topological polar surface area (TPSA) is 58.6 Å². The van der Waals surface area contributed by atoms with Gasteiger partial charge >= 0.3 is 0 Å². The lowest BCUT2D eigenvalue weighted by Crippen LogP contribution is -2.33. The second-order valence-corrected chi connectivity index (χ2v) is 8.22. The summed E-state index contributed by atoms with van der Waals surface area (Å²) in [6.45, 7) is 5.83. The molecule has 1 heterocycles. The van der Waals surface area contributed by atoms with Crippen LogP contribution >= 0.6 is 11.6 Å². The fourth-order valence-corrected chi connectivity index (χ4v) is 3.84. The van der Waals surface area contributed by atoms with E-state index in [0.29, 0.717) is 33.3 Å².